The summed E-state index contributed by atoms with van der Waals surface area (Å²) < 4.78 is 2.41. The van der Waals surface area contributed by atoms with E-state index >= 15 is 0 Å². The molecule has 2 aliphatic rings. The summed E-state index contributed by atoms with van der Waals surface area (Å²) in [5.41, 5.74) is 7.44. The lowest BCUT2D eigenvalue weighted by Gasteiger charge is -2.35. The Labute approximate surface area is 116 Å². The van der Waals surface area contributed by atoms with Gasteiger partial charge in [0.05, 0.1) is 11.9 Å². The average Bonchev–Trinajstić information content (AvgIpc) is 2.84. The number of imidazole rings is 1. The number of hydrogen-bond donors (Lipinski definition) is 1. The standard InChI is InChI=1S/C15H26N4/c1-11(2)18-8-5-12(6-9-18)15-17-10-14-13(16)4-3-7-19(14)15/h10-13H,3-9,16H2,1-2H3. The molecule has 1 fully saturated rings. The van der Waals surface area contributed by atoms with Crippen LogP contribution in [-0.4, -0.2) is 33.6 Å². The van der Waals surface area contributed by atoms with Crippen LogP contribution in [0.5, 0.6) is 0 Å². The lowest BCUT2D eigenvalue weighted by Crippen LogP contribution is -2.38. The van der Waals surface area contributed by atoms with E-state index in [9.17, 15) is 0 Å². The molecule has 0 aliphatic carbocycles. The molecular formula is C15H26N4. The second-order valence-electron chi connectivity index (χ2n) is 6.35. The zero-order valence-electron chi connectivity index (χ0n) is 12.2. The van der Waals surface area contributed by atoms with Gasteiger partial charge in [-0.25, -0.2) is 4.98 Å². The van der Waals surface area contributed by atoms with Crippen molar-refractivity contribution in [1.82, 2.24) is 14.5 Å². The molecule has 2 aliphatic heterocycles. The van der Waals surface area contributed by atoms with Crippen molar-refractivity contribution in [2.24, 2.45) is 5.73 Å². The molecule has 0 saturated carbocycles. The van der Waals surface area contributed by atoms with Crippen LogP contribution in [0.4, 0.5) is 0 Å². The Morgan fingerprint density at radius 1 is 1.21 bits per heavy atom. The quantitative estimate of drug-likeness (QED) is 0.889. The Kier molecular flexibility index (Phi) is 3.63. The van der Waals surface area contributed by atoms with Gasteiger partial charge in [0.15, 0.2) is 0 Å². The first-order chi connectivity index (χ1) is 9.16. The van der Waals surface area contributed by atoms with Crippen molar-refractivity contribution in [1.29, 1.82) is 0 Å². The summed E-state index contributed by atoms with van der Waals surface area (Å²) in [6.07, 6.45) is 6.81. The third kappa shape index (κ3) is 2.43. The molecule has 19 heavy (non-hydrogen) atoms. The predicted octanol–water partition coefficient (Wildman–Crippen LogP) is 2.26. The molecule has 4 heteroatoms. The molecule has 3 rings (SSSR count). The second-order valence-corrected chi connectivity index (χ2v) is 6.35. The fourth-order valence-electron chi connectivity index (χ4n) is 3.56. The molecule has 0 amide bonds. The van der Waals surface area contributed by atoms with Gasteiger partial charge in [0, 0.05) is 24.5 Å². The molecule has 0 aromatic carbocycles. The minimum atomic E-state index is 0.200. The van der Waals surface area contributed by atoms with Crippen LogP contribution in [0.15, 0.2) is 6.20 Å². The number of likely N-dealkylation sites (tertiary alicyclic amines) is 1. The summed E-state index contributed by atoms with van der Waals surface area (Å²) in [6, 6.07) is 0.870. The normalized spacial score (nSPS) is 25.8. The summed E-state index contributed by atoms with van der Waals surface area (Å²) in [7, 11) is 0. The van der Waals surface area contributed by atoms with Crippen LogP contribution in [0.1, 0.15) is 63.0 Å². The maximum atomic E-state index is 6.18. The van der Waals surface area contributed by atoms with Gasteiger partial charge in [-0.3, -0.25) is 0 Å². The molecule has 106 valence electrons. The van der Waals surface area contributed by atoms with Crippen LogP contribution in [0.2, 0.25) is 0 Å². The molecule has 0 spiro atoms. The average molecular weight is 262 g/mol. The number of nitrogens with zero attached hydrogens (tertiary/aromatic N) is 3. The van der Waals surface area contributed by atoms with Gasteiger partial charge in [-0.2, -0.15) is 0 Å². The van der Waals surface area contributed by atoms with Crippen molar-refractivity contribution in [2.45, 2.75) is 64.1 Å². The van der Waals surface area contributed by atoms with Gasteiger partial charge in [-0.15, -0.1) is 0 Å². The first-order valence-electron chi connectivity index (χ1n) is 7.71. The van der Waals surface area contributed by atoms with E-state index in [1.54, 1.807) is 0 Å². The van der Waals surface area contributed by atoms with Gasteiger partial charge in [0.25, 0.3) is 0 Å². The maximum Gasteiger partial charge on any atom is 0.112 e. The zero-order chi connectivity index (χ0) is 13.4. The first-order valence-corrected chi connectivity index (χ1v) is 7.71. The molecule has 1 aromatic rings. The van der Waals surface area contributed by atoms with Gasteiger partial charge in [-0.1, -0.05) is 0 Å². The van der Waals surface area contributed by atoms with E-state index in [1.165, 1.54) is 43.9 Å². The summed E-state index contributed by atoms with van der Waals surface area (Å²) in [6.45, 7) is 8.10. The fourth-order valence-corrected chi connectivity index (χ4v) is 3.56. The van der Waals surface area contributed by atoms with Gasteiger partial charge < -0.3 is 15.2 Å². The Bertz CT molecular complexity index is 429. The van der Waals surface area contributed by atoms with Gasteiger partial charge in [0.2, 0.25) is 0 Å². The highest BCUT2D eigenvalue weighted by Gasteiger charge is 2.28. The third-order valence-corrected chi connectivity index (χ3v) is 4.82. The van der Waals surface area contributed by atoms with E-state index in [0.717, 1.165) is 13.0 Å². The second kappa shape index (κ2) is 5.25. The van der Waals surface area contributed by atoms with Crippen LogP contribution in [-0.2, 0) is 6.54 Å². The van der Waals surface area contributed by atoms with Crippen molar-refractivity contribution in [3.63, 3.8) is 0 Å². The van der Waals surface area contributed by atoms with E-state index in [2.05, 4.69) is 23.3 Å². The largest absolute Gasteiger partial charge is 0.330 e. The first kappa shape index (κ1) is 13.1. The summed E-state index contributed by atoms with van der Waals surface area (Å²) in [5.74, 6) is 1.93. The molecule has 1 aromatic heterocycles. The van der Waals surface area contributed by atoms with Crippen LogP contribution in [0.25, 0.3) is 0 Å². The van der Waals surface area contributed by atoms with E-state index < -0.39 is 0 Å². The van der Waals surface area contributed by atoms with Crippen LogP contribution in [0.3, 0.4) is 0 Å². The van der Waals surface area contributed by atoms with Crippen LogP contribution >= 0.6 is 0 Å². The minimum Gasteiger partial charge on any atom is -0.330 e. The molecule has 0 radical (unpaired) electrons. The molecule has 4 nitrogen and oxygen atoms in total. The Morgan fingerprint density at radius 3 is 2.63 bits per heavy atom. The van der Waals surface area contributed by atoms with Gasteiger partial charge >= 0.3 is 0 Å². The van der Waals surface area contributed by atoms with E-state index in [0.29, 0.717) is 12.0 Å². The fraction of sp³-hybridized carbons (Fsp3) is 0.800. The molecule has 2 N–H and O–H groups in total. The van der Waals surface area contributed by atoms with Gasteiger partial charge in [0.1, 0.15) is 5.82 Å². The maximum absolute atomic E-state index is 6.18. The number of aromatic nitrogens is 2. The third-order valence-electron chi connectivity index (χ3n) is 4.82. The van der Waals surface area contributed by atoms with Gasteiger partial charge in [-0.05, 0) is 52.6 Å². The van der Waals surface area contributed by atoms with E-state index in [-0.39, 0.29) is 6.04 Å². The number of nitrogens with two attached hydrogens (primary N) is 1. The number of piperidine rings is 1. The summed E-state index contributed by atoms with van der Waals surface area (Å²) >= 11 is 0. The summed E-state index contributed by atoms with van der Waals surface area (Å²) in [5, 5.41) is 0. The predicted molar refractivity (Wildman–Crippen MR) is 77.1 cm³/mol. The van der Waals surface area contributed by atoms with Crippen molar-refractivity contribution in [3.05, 3.63) is 17.7 Å². The minimum absolute atomic E-state index is 0.200. The zero-order valence-corrected chi connectivity index (χ0v) is 12.2. The highest BCUT2D eigenvalue weighted by atomic mass is 15.2. The molecular weight excluding hydrogens is 236 g/mol. The lowest BCUT2D eigenvalue weighted by molar-refractivity contribution is 0.168. The smallest absolute Gasteiger partial charge is 0.112 e. The van der Waals surface area contributed by atoms with Crippen molar-refractivity contribution < 1.29 is 0 Å². The number of fused-ring (bicyclic) bond motifs is 1. The highest BCUT2D eigenvalue weighted by Crippen LogP contribution is 2.32. The van der Waals surface area contributed by atoms with E-state index in [1.807, 2.05) is 6.20 Å². The lowest BCUT2D eigenvalue weighted by atomic mass is 9.94. The summed E-state index contributed by atoms with van der Waals surface area (Å²) in [4.78, 5) is 7.28. The highest BCUT2D eigenvalue weighted by molar-refractivity contribution is 5.15. The number of hydrogen-bond acceptors (Lipinski definition) is 3. The number of rotatable bonds is 2. The van der Waals surface area contributed by atoms with Crippen molar-refractivity contribution in [3.8, 4) is 0 Å². The molecule has 0 bridgehead atoms. The molecule has 1 unspecified atom stereocenters. The van der Waals surface area contributed by atoms with Crippen molar-refractivity contribution in [2.75, 3.05) is 13.1 Å². The Balaban J connectivity index is 1.74. The topological polar surface area (TPSA) is 47.1 Å². The van der Waals surface area contributed by atoms with Crippen LogP contribution < -0.4 is 5.73 Å². The molecule has 3 heterocycles. The molecule has 1 atom stereocenters. The monoisotopic (exact) mass is 262 g/mol. The van der Waals surface area contributed by atoms with Crippen molar-refractivity contribution >= 4 is 0 Å². The van der Waals surface area contributed by atoms with E-state index in [4.69, 9.17) is 10.7 Å². The Hall–Kier alpha value is -0.870. The SMILES string of the molecule is CC(C)N1CCC(c2ncc3n2CCCC3N)CC1. The van der Waals surface area contributed by atoms with Crippen LogP contribution in [0, 0.1) is 0 Å². The molecule has 1 saturated heterocycles. The Morgan fingerprint density at radius 2 is 1.95 bits per heavy atom.